The summed E-state index contributed by atoms with van der Waals surface area (Å²) in [4.78, 5) is 29.2. The number of thiophene rings is 1. The van der Waals surface area contributed by atoms with E-state index in [-0.39, 0.29) is 42.6 Å². The van der Waals surface area contributed by atoms with Crippen LogP contribution in [0.15, 0.2) is 89.3 Å². The second-order valence-corrected chi connectivity index (χ2v) is 10.6. The second-order valence-electron chi connectivity index (χ2n) is 9.67. The fraction of sp³-hybridized carbons (Fsp3) is 0.194. The lowest BCUT2D eigenvalue weighted by atomic mass is 9.97. The Balaban J connectivity index is 1.19. The van der Waals surface area contributed by atoms with Crippen LogP contribution < -0.4 is 4.74 Å². The molecule has 3 heterocycles. The lowest BCUT2D eigenvalue weighted by Gasteiger charge is -2.30. The number of halogens is 2. The van der Waals surface area contributed by atoms with Crippen LogP contribution in [-0.4, -0.2) is 40.6 Å². The second kappa shape index (κ2) is 11.0. The van der Waals surface area contributed by atoms with Gasteiger partial charge < -0.3 is 9.64 Å². The monoisotopic (exact) mass is 557 g/mol. The smallest absolute Gasteiger partial charge is 0.281 e. The molecule has 1 atom stereocenters. The quantitative estimate of drug-likeness (QED) is 0.281. The first kappa shape index (κ1) is 25.9. The number of rotatable bonds is 7. The van der Waals surface area contributed by atoms with Gasteiger partial charge in [0.05, 0.1) is 16.6 Å². The largest absolute Gasteiger partial charge is 0.483 e. The zero-order chi connectivity index (χ0) is 27.6. The van der Waals surface area contributed by atoms with Crippen molar-refractivity contribution in [2.45, 2.75) is 25.4 Å². The summed E-state index contributed by atoms with van der Waals surface area (Å²) in [7, 11) is 0. The van der Waals surface area contributed by atoms with Gasteiger partial charge in [-0.05, 0) is 53.8 Å². The van der Waals surface area contributed by atoms with Crippen LogP contribution in [0.25, 0.3) is 0 Å². The topological polar surface area (TPSA) is 62.2 Å². The Hall–Kier alpha value is -4.37. The van der Waals surface area contributed by atoms with Crippen molar-refractivity contribution in [2.24, 2.45) is 5.10 Å². The molecule has 0 unspecified atom stereocenters. The zero-order valence-corrected chi connectivity index (χ0v) is 22.2. The van der Waals surface area contributed by atoms with Crippen molar-refractivity contribution in [3.05, 3.63) is 123 Å². The summed E-state index contributed by atoms with van der Waals surface area (Å²) >= 11 is 1.54. The number of hydrogen-bond donors (Lipinski definition) is 0. The van der Waals surface area contributed by atoms with Crippen molar-refractivity contribution in [1.82, 2.24) is 9.91 Å². The van der Waals surface area contributed by atoms with Crippen LogP contribution >= 0.6 is 11.3 Å². The molecule has 4 aromatic rings. The van der Waals surface area contributed by atoms with E-state index >= 15 is 0 Å². The van der Waals surface area contributed by atoms with Crippen LogP contribution in [0.5, 0.6) is 5.75 Å². The standard InChI is InChI=1S/C31H25F2N3O3S/c32-22-12-10-20(11-13-22)27-17-26(29-9-4-16-40-29)34-36(27)30(37)19-39-28-8-3-6-24-23(28)14-15-35(31(24)38)18-21-5-1-2-7-25(21)33/h1-13,16,27H,14-15,17-19H2/t27-/m0/s1. The molecule has 9 heteroatoms. The molecule has 2 aliphatic heterocycles. The number of nitrogens with zero attached hydrogens (tertiary/aromatic N) is 3. The Kier molecular flexibility index (Phi) is 7.13. The third-order valence-corrected chi connectivity index (χ3v) is 8.10. The summed E-state index contributed by atoms with van der Waals surface area (Å²) in [5, 5.41) is 7.99. The molecule has 0 saturated carbocycles. The molecule has 2 aliphatic rings. The van der Waals surface area contributed by atoms with E-state index in [1.54, 1.807) is 64.8 Å². The highest BCUT2D eigenvalue weighted by Crippen LogP contribution is 2.34. The first-order valence-corrected chi connectivity index (χ1v) is 13.8. The minimum atomic E-state index is -0.382. The predicted molar refractivity (Wildman–Crippen MR) is 148 cm³/mol. The van der Waals surface area contributed by atoms with E-state index in [0.717, 1.165) is 21.7 Å². The first-order chi connectivity index (χ1) is 19.5. The van der Waals surface area contributed by atoms with Crippen LogP contribution in [0.3, 0.4) is 0 Å². The maximum atomic E-state index is 14.2. The lowest BCUT2D eigenvalue weighted by Crippen LogP contribution is -2.37. The van der Waals surface area contributed by atoms with Gasteiger partial charge >= 0.3 is 0 Å². The molecule has 3 aromatic carbocycles. The third-order valence-electron chi connectivity index (χ3n) is 7.18. The highest BCUT2D eigenvalue weighted by Gasteiger charge is 2.34. The Bertz CT molecular complexity index is 1590. The number of carbonyl (C=O) groups is 2. The van der Waals surface area contributed by atoms with Gasteiger partial charge in [-0.25, -0.2) is 13.8 Å². The summed E-state index contributed by atoms with van der Waals surface area (Å²) in [6, 6.07) is 21.2. The normalized spacial score (nSPS) is 16.6. The summed E-state index contributed by atoms with van der Waals surface area (Å²) in [5.41, 5.74) is 3.24. The van der Waals surface area contributed by atoms with Gasteiger partial charge in [0.15, 0.2) is 6.61 Å². The number of fused-ring (bicyclic) bond motifs is 1. The average molecular weight is 558 g/mol. The third kappa shape index (κ3) is 5.12. The van der Waals surface area contributed by atoms with Gasteiger partial charge in [-0.2, -0.15) is 5.10 Å². The molecule has 0 N–H and O–H groups in total. The molecule has 0 bridgehead atoms. The molecule has 202 valence electrons. The van der Waals surface area contributed by atoms with Gasteiger partial charge in [0.25, 0.3) is 11.8 Å². The molecule has 0 saturated heterocycles. The summed E-state index contributed by atoms with van der Waals surface area (Å²) < 4.78 is 33.7. The molecule has 0 fully saturated rings. The molecule has 0 radical (unpaired) electrons. The summed E-state index contributed by atoms with van der Waals surface area (Å²) in [5.74, 6) is -0.783. The van der Waals surface area contributed by atoms with E-state index in [2.05, 4.69) is 5.10 Å². The van der Waals surface area contributed by atoms with Crippen LogP contribution in [0.1, 0.15) is 44.4 Å². The SMILES string of the molecule is O=C1c2cccc(OCC(=O)N3N=C(c4cccs4)C[C@H]3c3ccc(F)cc3)c2CCN1Cc1ccccc1F. The summed E-state index contributed by atoms with van der Waals surface area (Å²) in [6.07, 6.45) is 1.02. The van der Waals surface area contributed by atoms with Crippen LogP contribution in [0.4, 0.5) is 8.78 Å². The number of hydrazone groups is 1. The minimum absolute atomic E-state index is 0.179. The predicted octanol–water partition coefficient (Wildman–Crippen LogP) is 5.98. The highest BCUT2D eigenvalue weighted by atomic mass is 32.1. The minimum Gasteiger partial charge on any atom is -0.483 e. The number of benzene rings is 3. The van der Waals surface area contributed by atoms with Crippen LogP contribution in [0, 0.1) is 11.6 Å². The van der Waals surface area contributed by atoms with Crippen LogP contribution in [-0.2, 0) is 17.8 Å². The van der Waals surface area contributed by atoms with E-state index in [0.29, 0.717) is 36.3 Å². The van der Waals surface area contributed by atoms with Gasteiger partial charge in [-0.3, -0.25) is 9.59 Å². The molecule has 0 aliphatic carbocycles. The van der Waals surface area contributed by atoms with Gasteiger partial charge in [0.1, 0.15) is 17.4 Å². The molecule has 0 spiro atoms. The van der Waals surface area contributed by atoms with Crippen molar-refractivity contribution >= 4 is 28.9 Å². The lowest BCUT2D eigenvalue weighted by molar-refractivity contribution is -0.135. The van der Waals surface area contributed by atoms with Gasteiger partial charge in [0, 0.05) is 36.2 Å². The molecule has 2 amide bonds. The number of amides is 2. The molecular formula is C31H25F2N3O3S. The molecular weight excluding hydrogens is 532 g/mol. The molecule has 6 nitrogen and oxygen atoms in total. The first-order valence-electron chi connectivity index (χ1n) is 12.9. The Morgan fingerprint density at radius 3 is 2.60 bits per heavy atom. The van der Waals surface area contributed by atoms with Crippen molar-refractivity contribution in [3.63, 3.8) is 0 Å². The van der Waals surface area contributed by atoms with Crippen molar-refractivity contribution in [2.75, 3.05) is 13.2 Å². The van der Waals surface area contributed by atoms with Crippen LogP contribution in [0.2, 0.25) is 0 Å². The maximum Gasteiger partial charge on any atom is 0.281 e. The number of ether oxygens (including phenoxy) is 1. The Morgan fingerprint density at radius 2 is 1.82 bits per heavy atom. The van der Waals surface area contributed by atoms with E-state index in [9.17, 15) is 18.4 Å². The fourth-order valence-electron chi connectivity index (χ4n) is 5.14. The molecule has 40 heavy (non-hydrogen) atoms. The highest BCUT2D eigenvalue weighted by molar-refractivity contribution is 7.12. The fourth-order valence-corrected chi connectivity index (χ4v) is 5.86. The summed E-state index contributed by atoms with van der Waals surface area (Å²) in [6.45, 7) is 0.309. The van der Waals surface area contributed by atoms with Gasteiger partial charge in [0.2, 0.25) is 0 Å². The van der Waals surface area contributed by atoms with E-state index in [1.807, 2.05) is 17.5 Å². The van der Waals surface area contributed by atoms with Gasteiger partial charge in [-0.1, -0.05) is 42.5 Å². The Morgan fingerprint density at radius 1 is 1.00 bits per heavy atom. The molecule has 1 aromatic heterocycles. The van der Waals surface area contributed by atoms with E-state index in [1.165, 1.54) is 23.2 Å². The van der Waals surface area contributed by atoms with Gasteiger partial charge in [-0.15, -0.1) is 11.3 Å². The zero-order valence-electron chi connectivity index (χ0n) is 21.4. The van der Waals surface area contributed by atoms with E-state index in [4.69, 9.17) is 4.74 Å². The van der Waals surface area contributed by atoms with Crippen molar-refractivity contribution < 1.29 is 23.1 Å². The average Bonchev–Trinajstić information content (AvgIpc) is 3.66. The number of hydrogen-bond acceptors (Lipinski definition) is 5. The number of carbonyl (C=O) groups excluding carboxylic acids is 2. The Labute approximate surface area is 234 Å². The van der Waals surface area contributed by atoms with Crippen molar-refractivity contribution in [3.8, 4) is 5.75 Å². The van der Waals surface area contributed by atoms with E-state index < -0.39 is 0 Å². The maximum absolute atomic E-state index is 14.2. The molecule has 6 rings (SSSR count). The van der Waals surface area contributed by atoms with Crippen molar-refractivity contribution in [1.29, 1.82) is 0 Å².